The molecule has 4 N–H and O–H groups in total. The normalized spacial score (nSPS) is 11.8. The van der Waals surface area contributed by atoms with E-state index in [9.17, 15) is 9.59 Å². The Bertz CT molecular complexity index is 1230. The van der Waals surface area contributed by atoms with Gasteiger partial charge in [-0.15, -0.1) is 0 Å². The molecule has 0 saturated carbocycles. The van der Waals surface area contributed by atoms with Crippen LogP contribution in [-0.2, 0) is 4.74 Å². The zero-order chi connectivity index (χ0) is 24.8. The van der Waals surface area contributed by atoms with Gasteiger partial charge in [-0.3, -0.25) is 19.1 Å². The van der Waals surface area contributed by atoms with Gasteiger partial charge in [-0.2, -0.15) is 0 Å². The SMILES string of the molecule is CCOc1cc(Cl)c(-n2cnc(N)c(C(=O)Nc3cncc([C@@H](COC)NC)c3)c2=O)c(Cl)c1. The van der Waals surface area contributed by atoms with E-state index < -0.39 is 11.5 Å². The van der Waals surface area contributed by atoms with Gasteiger partial charge >= 0.3 is 0 Å². The topological polar surface area (TPSA) is 133 Å². The van der Waals surface area contributed by atoms with Crippen LogP contribution in [0.4, 0.5) is 11.5 Å². The molecule has 0 saturated heterocycles. The van der Waals surface area contributed by atoms with Crippen LogP contribution >= 0.6 is 23.2 Å². The number of likely N-dealkylation sites (N-methyl/N-ethyl adjacent to an activating group) is 1. The van der Waals surface area contributed by atoms with Crippen molar-refractivity contribution in [3.63, 3.8) is 0 Å². The van der Waals surface area contributed by atoms with Crippen molar-refractivity contribution in [1.29, 1.82) is 0 Å². The molecule has 180 valence electrons. The summed E-state index contributed by atoms with van der Waals surface area (Å²) in [6.45, 7) is 2.63. The summed E-state index contributed by atoms with van der Waals surface area (Å²) < 4.78 is 11.7. The molecule has 2 aromatic heterocycles. The molecule has 3 aromatic rings. The minimum Gasteiger partial charge on any atom is -0.494 e. The average molecular weight is 507 g/mol. The number of hydrogen-bond donors (Lipinski definition) is 3. The van der Waals surface area contributed by atoms with Crippen molar-refractivity contribution < 1.29 is 14.3 Å². The Morgan fingerprint density at radius 1 is 1.24 bits per heavy atom. The third-order valence-electron chi connectivity index (χ3n) is 4.87. The van der Waals surface area contributed by atoms with Gasteiger partial charge in [0.05, 0.1) is 46.9 Å². The maximum Gasteiger partial charge on any atom is 0.273 e. The molecule has 1 atom stereocenters. The highest BCUT2D eigenvalue weighted by molar-refractivity contribution is 6.38. The van der Waals surface area contributed by atoms with E-state index in [-0.39, 0.29) is 33.2 Å². The lowest BCUT2D eigenvalue weighted by Crippen LogP contribution is -2.31. The Balaban J connectivity index is 1.98. The van der Waals surface area contributed by atoms with Crippen LogP contribution in [-0.4, -0.2) is 47.8 Å². The molecule has 0 unspecified atom stereocenters. The van der Waals surface area contributed by atoms with Crippen LogP contribution in [0.2, 0.25) is 10.0 Å². The predicted octanol–water partition coefficient (Wildman–Crippen LogP) is 3.07. The highest BCUT2D eigenvalue weighted by Gasteiger charge is 2.22. The number of amides is 1. The molecule has 34 heavy (non-hydrogen) atoms. The molecule has 12 heteroatoms. The second-order valence-electron chi connectivity index (χ2n) is 7.11. The number of rotatable bonds is 9. The Morgan fingerprint density at radius 2 is 1.94 bits per heavy atom. The molecule has 10 nitrogen and oxygen atoms in total. The summed E-state index contributed by atoms with van der Waals surface area (Å²) in [5.41, 5.74) is 6.08. The second-order valence-corrected chi connectivity index (χ2v) is 7.92. The van der Waals surface area contributed by atoms with Gasteiger partial charge in [0, 0.05) is 25.4 Å². The summed E-state index contributed by atoms with van der Waals surface area (Å²) in [5, 5.41) is 6.03. The standard InChI is InChI=1S/C22H24Cl2N6O4/c1-4-34-14-6-15(23)19(16(24)7-14)30-11-28-20(25)18(22(30)32)21(31)29-13-5-12(8-27-9-13)17(26-2)10-33-3/h5-9,11,17,26H,4,10,25H2,1-3H3,(H,29,31)/t17-/m1/s1. The van der Waals surface area contributed by atoms with Gasteiger partial charge in [0.15, 0.2) is 0 Å². The number of anilines is 2. The number of benzene rings is 1. The van der Waals surface area contributed by atoms with Crippen molar-refractivity contribution in [3.05, 3.63) is 68.4 Å². The average Bonchev–Trinajstić information content (AvgIpc) is 2.79. The van der Waals surface area contributed by atoms with Gasteiger partial charge in [0.1, 0.15) is 23.5 Å². The summed E-state index contributed by atoms with van der Waals surface area (Å²) in [5.74, 6) is -0.556. The second kappa shape index (κ2) is 11.3. The van der Waals surface area contributed by atoms with Crippen LogP contribution < -0.4 is 26.7 Å². The molecule has 0 fully saturated rings. The fourth-order valence-electron chi connectivity index (χ4n) is 3.29. The molecular weight excluding hydrogens is 483 g/mol. The number of nitrogen functional groups attached to an aromatic ring is 1. The lowest BCUT2D eigenvalue weighted by Gasteiger charge is -2.16. The minimum atomic E-state index is -0.755. The lowest BCUT2D eigenvalue weighted by molar-refractivity contribution is 0.102. The fourth-order valence-corrected chi connectivity index (χ4v) is 3.93. The summed E-state index contributed by atoms with van der Waals surface area (Å²) in [6, 6.07) is 4.61. The number of ether oxygens (including phenoxy) is 2. The van der Waals surface area contributed by atoms with Gasteiger partial charge < -0.3 is 25.8 Å². The van der Waals surface area contributed by atoms with Gasteiger partial charge in [-0.05, 0) is 25.6 Å². The predicted molar refractivity (Wildman–Crippen MR) is 131 cm³/mol. The maximum absolute atomic E-state index is 13.2. The number of hydrogen-bond acceptors (Lipinski definition) is 8. The smallest absolute Gasteiger partial charge is 0.273 e. The van der Waals surface area contributed by atoms with Crippen molar-refractivity contribution in [2.45, 2.75) is 13.0 Å². The van der Waals surface area contributed by atoms with Crippen molar-refractivity contribution in [2.75, 3.05) is 38.4 Å². The van der Waals surface area contributed by atoms with Crippen LogP contribution in [0, 0.1) is 0 Å². The number of carbonyl (C=O) groups excluding carboxylic acids is 1. The summed E-state index contributed by atoms with van der Waals surface area (Å²) in [6.07, 6.45) is 4.26. The van der Waals surface area contributed by atoms with Gasteiger partial charge in [-0.25, -0.2) is 4.98 Å². The highest BCUT2D eigenvalue weighted by Crippen LogP contribution is 2.32. The van der Waals surface area contributed by atoms with E-state index in [0.29, 0.717) is 24.7 Å². The first-order valence-electron chi connectivity index (χ1n) is 10.2. The molecule has 3 rings (SSSR count). The number of carbonyl (C=O) groups is 1. The molecule has 0 bridgehead atoms. The number of aromatic nitrogens is 3. The Hall–Kier alpha value is -3.18. The maximum atomic E-state index is 13.2. The number of nitrogens with one attached hydrogen (secondary N) is 2. The fraction of sp³-hybridized carbons (Fsp3) is 0.273. The van der Waals surface area contributed by atoms with E-state index in [2.05, 4.69) is 20.6 Å². The van der Waals surface area contributed by atoms with E-state index in [1.165, 1.54) is 18.3 Å². The summed E-state index contributed by atoms with van der Waals surface area (Å²) in [7, 11) is 3.37. The van der Waals surface area contributed by atoms with E-state index >= 15 is 0 Å². The first-order chi connectivity index (χ1) is 16.3. The van der Waals surface area contributed by atoms with Crippen LogP contribution in [0.1, 0.15) is 28.9 Å². The molecule has 0 aliphatic rings. The lowest BCUT2D eigenvalue weighted by atomic mass is 10.1. The molecule has 1 amide bonds. The third-order valence-corrected chi connectivity index (χ3v) is 5.45. The number of methoxy groups -OCH3 is 1. The zero-order valence-corrected chi connectivity index (χ0v) is 20.3. The Morgan fingerprint density at radius 3 is 2.56 bits per heavy atom. The van der Waals surface area contributed by atoms with Crippen LogP contribution in [0.25, 0.3) is 5.69 Å². The number of halogens is 2. The quantitative estimate of drug-likeness (QED) is 0.403. The largest absolute Gasteiger partial charge is 0.494 e. The molecule has 2 heterocycles. The first-order valence-corrected chi connectivity index (χ1v) is 11.0. The molecule has 0 aliphatic heterocycles. The first kappa shape index (κ1) is 25.4. The number of nitrogens with zero attached hydrogens (tertiary/aromatic N) is 3. The summed E-state index contributed by atoms with van der Waals surface area (Å²) in [4.78, 5) is 34.4. The monoisotopic (exact) mass is 506 g/mol. The van der Waals surface area contributed by atoms with E-state index in [0.717, 1.165) is 16.5 Å². The zero-order valence-electron chi connectivity index (χ0n) is 18.8. The van der Waals surface area contributed by atoms with E-state index in [4.69, 9.17) is 38.4 Å². The summed E-state index contributed by atoms with van der Waals surface area (Å²) >= 11 is 12.7. The van der Waals surface area contributed by atoms with E-state index in [1.807, 2.05) is 6.92 Å². The van der Waals surface area contributed by atoms with Crippen LogP contribution in [0.15, 0.2) is 41.7 Å². The Labute approximate surface area is 206 Å². The number of nitrogens with two attached hydrogens (primary N) is 1. The van der Waals surface area contributed by atoms with Crippen molar-refractivity contribution in [2.24, 2.45) is 0 Å². The minimum absolute atomic E-state index is 0.140. The molecular formula is C22H24Cl2N6O4. The highest BCUT2D eigenvalue weighted by atomic mass is 35.5. The molecule has 0 aliphatic carbocycles. The molecule has 0 spiro atoms. The molecule has 1 aromatic carbocycles. The van der Waals surface area contributed by atoms with Gasteiger partial charge in [0.25, 0.3) is 11.5 Å². The van der Waals surface area contributed by atoms with Gasteiger partial charge in [0.2, 0.25) is 0 Å². The Kier molecular flexibility index (Phi) is 8.46. The number of pyridine rings is 1. The van der Waals surface area contributed by atoms with Crippen LogP contribution in [0.3, 0.4) is 0 Å². The molecule has 0 radical (unpaired) electrons. The van der Waals surface area contributed by atoms with Crippen molar-refractivity contribution in [3.8, 4) is 11.4 Å². The van der Waals surface area contributed by atoms with E-state index in [1.54, 1.807) is 26.4 Å². The van der Waals surface area contributed by atoms with Gasteiger partial charge in [-0.1, -0.05) is 23.2 Å². The third kappa shape index (κ3) is 5.48. The van der Waals surface area contributed by atoms with Crippen LogP contribution in [0.5, 0.6) is 5.75 Å². The van der Waals surface area contributed by atoms with Crippen molar-refractivity contribution in [1.82, 2.24) is 19.9 Å². The van der Waals surface area contributed by atoms with Crippen molar-refractivity contribution >= 4 is 40.6 Å².